The van der Waals surface area contributed by atoms with Crippen molar-refractivity contribution in [3.8, 4) is 0 Å². The number of ether oxygens (including phenoxy) is 1. The summed E-state index contributed by atoms with van der Waals surface area (Å²) in [5.74, 6) is -0.131. The molecule has 1 aliphatic rings. The summed E-state index contributed by atoms with van der Waals surface area (Å²) in [5, 5.41) is 2.64. The number of hydrogen-bond acceptors (Lipinski definition) is 3. The number of amides is 2. The van der Waals surface area contributed by atoms with Gasteiger partial charge in [0.05, 0.1) is 13.1 Å². The number of hydrogen-bond donors (Lipinski definition) is 1. The number of cyclic esters (lactones) is 1. The van der Waals surface area contributed by atoms with Crippen LogP contribution in [0.15, 0.2) is 28.7 Å². The van der Waals surface area contributed by atoms with Crippen molar-refractivity contribution in [3.63, 3.8) is 0 Å². The molecular formula is C12H13BrN2O3. The van der Waals surface area contributed by atoms with Gasteiger partial charge in [-0.25, -0.2) is 4.79 Å². The predicted octanol–water partition coefficient (Wildman–Crippen LogP) is 1.91. The van der Waals surface area contributed by atoms with Crippen molar-refractivity contribution in [3.05, 3.63) is 28.7 Å². The Hall–Kier alpha value is -1.56. The summed E-state index contributed by atoms with van der Waals surface area (Å²) in [7, 11) is 0. The molecule has 1 unspecified atom stereocenters. The first-order valence-electron chi connectivity index (χ1n) is 5.54. The summed E-state index contributed by atoms with van der Waals surface area (Å²) < 4.78 is 6.12. The van der Waals surface area contributed by atoms with Crippen molar-refractivity contribution >= 4 is 33.6 Å². The Kier molecular flexibility index (Phi) is 3.86. The third-order valence-corrected chi connectivity index (χ3v) is 3.12. The van der Waals surface area contributed by atoms with Crippen molar-refractivity contribution in [1.82, 2.24) is 5.32 Å². The highest BCUT2D eigenvalue weighted by Crippen LogP contribution is 2.23. The van der Waals surface area contributed by atoms with Crippen LogP contribution in [0.25, 0.3) is 0 Å². The fourth-order valence-electron chi connectivity index (χ4n) is 1.72. The van der Waals surface area contributed by atoms with Crippen LogP contribution in [0.1, 0.15) is 6.92 Å². The topological polar surface area (TPSA) is 58.6 Å². The van der Waals surface area contributed by atoms with E-state index >= 15 is 0 Å². The largest absolute Gasteiger partial charge is 0.442 e. The fraction of sp³-hybridized carbons (Fsp3) is 0.333. The smallest absolute Gasteiger partial charge is 0.414 e. The van der Waals surface area contributed by atoms with Gasteiger partial charge in [0, 0.05) is 17.1 Å². The van der Waals surface area contributed by atoms with E-state index in [1.807, 2.05) is 24.3 Å². The van der Waals surface area contributed by atoms with Gasteiger partial charge in [0.2, 0.25) is 5.91 Å². The van der Waals surface area contributed by atoms with Crippen molar-refractivity contribution < 1.29 is 14.3 Å². The maximum atomic E-state index is 11.7. The molecule has 0 saturated carbocycles. The molecule has 1 atom stereocenters. The van der Waals surface area contributed by atoms with Crippen molar-refractivity contribution in [2.24, 2.45) is 0 Å². The highest BCUT2D eigenvalue weighted by Gasteiger charge is 2.32. The van der Waals surface area contributed by atoms with Crippen LogP contribution in [0.2, 0.25) is 0 Å². The Morgan fingerprint density at radius 2 is 2.17 bits per heavy atom. The van der Waals surface area contributed by atoms with Crippen LogP contribution in [0.5, 0.6) is 0 Å². The molecule has 0 aromatic heterocycles. The van der Waals surface area contributed by atoms with Crippen molar-refractivity contribution in [1.29, 1.82) is 0 Å². The van der Waals surface area contributed by atoms with Crippen molar-refractivity contribution in [2.45, 2.75) is 13.0 Å². The first kappa shape index (κ1) is 12.9. The molecule has 5 nitrogen and oxygen atoms in total. The summed E-state index contributed by atoms with van der Waals surface area (Å²) in [4.78, 5) is 24.0. The lowest BCUT2D eigenvalue weighted by Gasteiger charge is -2.12. The average molecular weight is 313 g/mol. The number of rotatable bonds is 3. The molecule has 1 heterocycles. The van der Waals surface area contributed by atoms with Crippen LogP contribution in [-0.2, 0) is 9.53 Å². The predicted molar refractivity (Wildman–Crippen MR) is 70.4 cm³/mol. The average Bonchev–Trinajstić information content (AvgIpc) is 2.69. The van der Waals surface area contributed by atoms with Crippen LogP contribution >= 0.6 is 15.9 Å². The zero-order valence-electron chi connectivity index (χ0n) is 9.85. The van der Waals surface area contributed by atoms with E-state index in [2.05, 4.69) is 21.2 Å². The molecular weight excluding hydrogens is 300 g/mol. The number of carbonyl (C=O) groups excluding carboxylic acids is 2. The summed E-state index contributed by atoms with van der Waals surface area (Å²) in [5.41, 5.74) is 0.786. The van der Waals surface area contributed by atoms with Gasteiger partial charge in [-0.3, -0.25) is 9.69 Å². The Balaban J connectivity index is 2.00. The van der Waals surface area contributed by atoms with Gasteiger partial charge in [-0.15, -0.1) is 0 Å². The standard InChI is InChI=1S/C12H13BrN2O3/c1-8(16)14-6-11-7-15(12(17)18-11)10-4-2-9(13)3-5-10/h2-5,11H,6-7H2,1H3,(H,14,16). The molecule has 0 radical (unpaired) electrons. The molecule has 1 fully saturated rings. The Bertz CT molecular complexity index is 461. The summed E-state index contributed by atoms with van der Waals surface area (Å²) in [6.07, 6.45) is -0.683. The summed E-state index contributed by atoms with van der Waals surface area (Å²) in [6.45, 7) is 2.22. The first-order chi connectivity index (χ1) is 8.56. The SMILES string of the molecule is CC(=O)NCC1CN(c2ccc(Br)cc2)C(=O)O1. The minimum atomic E-state index is -0.382. The number of benzene rings is 1. The molecule has 2 rings (SSSR count). The van der Waals surface area contributed by atoms with E-state index in [0.717, 1.165) is 10.2 Å². The maximum absolute atomic E-state index is 11.7. The second-order valence-corrected chi connectivity index (χ2v) is 4.95. The third kappa shape index (κ3) is 3.01. The van der Waals surface area contributed by atoms with E-state index in [0.29, 0.717) is 13.1 Å². The Morgan fingerprint density at radius 1 is 1.50 bits per heavy atom. The van der Waals surface area contributed by atoms with E-state index in [1.54, 1.807) is 4.90 Å². The molecule has 18 heavy (non-hydrogen) atoms. The van der Waals surface area contributed by atoms with E-state index in [4.69, 9.17) is 4.74 Å². The molecule has 0 bridgehead atoms. The molecule has 1 aromatic rings. The Morgan fingerprint density at radius 3 is 2.78 bits per heavy atom. The minimum absolute atomic E-state index is 0.131. The number of carbonyl (C=O) groups is 2. The zero-order valence-corrected chi connectivity index (χ0v) is 11.4. The molecule has 2 amide bonds. The van der Waals surface area contributed by atoms with Gasteiger partial charge in [0.1, 0.15) is 6.10 Å². The van der Waals surface area contributed by atoms with E-state index in [9.17, 15) is 9.59 Å². The fourth-order valence-corrected chi connectivity index (χ4v) is 1.98. The normalized spacial score (nSPS) is 18.7. The molecule has 96 valence electrons. The minimum Gasteiger partial charge on any atom is -0.442 e. The Labute approximate surface area is 113 Å². The lowest BCUT2D eigenvalue weighted by molar-refractivity contribution is -0.119. The van der Waals surface area contributed by atoms with E-state index < -0.39 is 0 Å². The van der Waals surface area contributed by atoms with Gasteiger partial charge in [-0.05, 0) is 24.3 Å². The van der Waals surface area contributed by atoms with Gasteiger partial charge >= 0.3 is 6.09 Å². The van der Waals surface area contributed by atoms with Gasteiger partial charge in [0.15, 0.2) is 0 Å². The summed E-state index contributed by atoms with van der Waals surface area (Å²) in [6, 6.07) is 7.41. The lowest BCUT2D eigenvalue weighted by Crippen LogP contribution is -2.33. The number of nitrogens with one attached hydrogen (secondary N) is 1. The van der Waals surface area contributed by atoms with Crippen molar-refractivity contribution in [2.75, 3.05) is 18.0 Å². The second kappa shape index (κ2) is 5.39. The van der Waals surface area contributed by atoms with Crippen LogP contribution in [0.4, 0.5) is 10.5 Å². The highest BCUT2D eigenvalue weighted by molar-refractivity contribution is 9.10. The van der Waals surface area contributed by atoms with E-state index in [-0.39, 0.29) is 18.1 Å². The first-order valence-corrected chi connectivity index (χ1v) is 6.33. The lowest BCUT2D eigenvalue weighted by atomic mass is 10.2. The van der Waals surface area contributed by atoms with Gasteiger partial charge < -0.3 is 10.1 Å². The van der Waals surface area contributed by atoms with Crippen LogP contribution < -0.4 is 10.2 Å². The number of nitrogens with zero attached hydrogens (tertiary/aromatic N) is 1. The van der Waals surface area contributed by atoms with Gasteiger partial charge in [0.25, 0.3) is 0 Å². The van der Waals surface area contributed by atoms with Gasteiger partial charge in [-0.2, -0.15) is 0 Å². The number of halogens is 1. The highest BCUT2D eigenvalue weighted by atomic mass is 79.9. The number of anilines is 1. The van der Waals surface area contributed by atoms with Crippen LogP contribution in [-0.4, -0.2) is 31.2 Å². The molecule has 0 spiro atoms. The molecule has 6 heteroatoms. The third-order valence-electron chi connectivity index (χ3n) is 2.59. The van der Waals surface area contributed by atoms with E-state index in [1.165, 1.54) is 6.92 Å². The van der Waals surface area contributed by atoms with Crippen LogP contribution in [0, 0.1) is 0 Å². The molecule has 0 aliphatic carbocycles. The summed E-state index contributed by atoms with van der Waals surface area (Å²) >= 11 is 3.34. The monoisotopic (exact) mass is 312 g/mol. The second-order valence-electron chi connectivity index (χ2n) is 4.03. The maximum Gasteiger partial charge on any atom is 0.414 e. The van der Waals surface area contributed by atoms with Crippen LogP contribution in [0.3, 0.4) is 0 Å². The molecule has 1 N–H and O–H groups in total. The zero-order chi connectivity index (χ0) is 13.1. The molecule has 1 aromatic carbocycles. The molecule has 1 aliphatic heterocycles. The van der Waals surface area contributed by atoms with Gasteiger partial charge in [-0.1, -0.05) is 15.9 Å². The molecule has 1 saturated heterocycles. The quantitative estimate of drug-likeness (QED) is 0.927.